The van der Waals surface area contributed by atoms with Crippen molar-refractivity contribution in [1.82, 2.24) is 0 Å². The van der Waals surface area contributed by atoms with Crippen molar-refractivity contribution in [2.45, 2.75) is 30.3 Å². The normalized spacial score (nSPS) is 21.5. The second kappa shape index (κ2) is 4.44. The summed E-state index contributed by atoms with van der Waals surface area (Å²) in [4.78, 5) is -0.511. The number of sulfonamides is 1. The van der Waals surface area contributed by atoms with Gasteiger partial charge in [0.1, 0.15) is 10.7 Å². The number of anilines is 1. The third kappa shape index (κ3) is 2.20. The topological polar surface area (TPSA) is 75.8 Å². The van der Waals surface area contributed by atoms with Crippen LogP contribution >= 0.6 is 0 Å². The number of hydrazine groups is 1. The lowest BCUT2D eigenvalue weighted by Gasteiger charge is -2.36. The van der Waals surface area contributed by atoms with Crippen molar-refractivity contribution in [3.63, 3.8) is 0 Å². The molecule has 21 heavy (non-hydrogen) atoms. The highest BCUT2D eigenvalue weighted by Gasteiger charge is 2.42. The molecule has 1 saturated carbocycles. The molecular formula is C12H12F3N3O2S. The molecular weight excluding hydrogens is 307 g/mol. The molecule has 0 saturated heterocycles. The van der Waals surface area contributed by atoms with Gasteiger partial charge in [0.25, 0.3) is 10.0 Å². The zero-order valence-corrected chi connectivity index (χ0v) is 11.6. The Morgan fingerprint density at radius 3 is 2.48 bits per heavy atom. The van der Waals surface area contributed by atoms with Gasteiger partial charge in [0, 0.05) is 5.92 Å². The van der Waals surface area contributed by atoms with Gasteiger partial charge >= 0.3 is 6.18 Å². The third-order valence-electron chi connectivity index (χ3n) is 3.75. The Hall–Kier alpha value is -1.61. The van der Waals surface area contributed by atoms with Crippen LogP contribution in [0, 0.1) is 5.92 Å². The van der Waals surface area contributed by atoms with Gasteiger partial charge in [0.2, 0.25) is 0 Å². The number of alkyl halides is 3. The number of fused-ring (bicyclic) bond motifs is 1. The second-order valence-corrected chi connectivity index (χ2v) is 6.64. The minimum atomic E-state index is -4.69. The van der Waals surface area contributed by atoms with Gasteiger partial charge in [-0.3, -0.25) is 5.01 Å². The monoisotopic (exact) mass is 319 g/mol. The van der Waals surface area contributed by atoms with E-state index in [0.717, 1.165) is 29.6 Å². The predicted molar refractivity (Wildman–Crippen MR) is 70.1 cm³/mol. The summed E-state index contributed by atoms with van der Waals surface area (Å²) in [5, 5.41) is 0.781. The lowest BCUT2D eigenvalue weighted by Crippen LogP contribution is -2.47. The zero-order chi connectivity index (χ0) is 15.4. The molecule has 1 aromatic rings. The zero-order valence-electron chi connectivity index (χ0n) is 10.8. The maximum Gasteiger partial charge on any atom is 0.418 e. The van der Waals surface area contributed by atoms with Crippen molar-refractivity contribution in [1.29, 1.82) is 0 Å². The Balaban J connectivity index is 2.23. The van der Waals surface area contributed by atoms with E-state index in [1.807, 2.05) is 0 Å². The predicted octanol–water partition coefficient (Wildman–Crippen LogP) is 2.29. The molecule has 1 heterocycles. The van der Waals surface area contributed by atoms with Crippen LogP contribution in [-0.4, -0.2) is 14.3 Å². The van der Waals surface area contributed by atoms with Crippen LogP contribution in [0.5, 0.6) is 0 Å². The first-order valence-corrected chi connectivity index (χ1v) is 7.76. The summed E-state index contributed by atoms with van der Waals surface area (Å²) in [6.07, 6.45) is -2.47. The maximum atomic E-state index is 13.1. The molecule has 0 amide bonds. The van der Waals surface area contributed by atoms with Crippen LogP contribution in [0.3, 0.4) is 0 Å². The summed E-state index contributed by atoms with van der Waals surface area (Å²) in [6.45, 7) is 0. The van der Waals surface area contributed by atoms with Crippen LogP contribution in [0.4, 0.5) is 18.9 Å². The van der Waals surface area contributed by atoms with Gasteiger partial charge in [0.15, 0.2) is 0 Å². The SMILES string of the molecule is NN1C(C2CCC2)=NS(=O)(=O)c2cccc(C(F)(F)F)c21. The summed E-state index contributed by atoms with van der Waals surface area (Å²) < 4.78 is 67.2. The number of hydrogen-bond acceptors (Lipinski definition) is 4. The van der Waals surface area contributed by atoms with Crippen molar-refractivity contribution in [3.05, 3.63) is 23.8 Å². The molecule has 2 aliphatic rings. The molecule has 1 aliphatic carbocycles. The highest BCUT2D eigenvalue weighted by Crippen LogP contribution is 2.43. The van der Waals surface area contributed by atoms with E-state index in [4.69, 9.17) is 5.84 Å². The first-order chi connectivity index (χ1) is 9.72. The molecule has 2 N–H and O–H groups in total. The standard InChI is InChI=1S/C12H12F3N3O2S/c13-12(14,15)8-5-2-6-9-10(8)18(16)11(7-3-1-4-7)17-21(9,19)20/h2,5-7H,1,3-4,16H2. The molecule has 0 radical (unpaired) electrons. The summed E-state index contributed by atoms with van der Waals surface area (Å²) in [7, 11) is -4.16. The Morgan fingerprint density at radius 2 is 1.95 bits per heavy atom. The highest BCUT2D eigenvalue weighted by atomic mass is 32.2. The van der Waals surface area contributed by atoms with E-state index in [-0.39, 0.29) is 11.8 Å². The largest absolute Gasteiger partial charge is 0.418 e. The minimum Gasteiger partial charge on any atom is -0.263 e. The van der Waals surface area contributed by atoms with Crippen LogP contribution in [0.1, 0.15) is 24.8 Å². The van der Waals surface area contributed by atoms with Gasteiger partial charge in [0.05, 0.1) is 11.3 Å². The van der Waals surface area contributed by atoms with Crippen molar-refractivity contribution in [2.24, 2.45) is 16.2 Å². The number of halogens is 3. The molecule has 0 aromatic heterocycles. The quantitative estimate of drug-likeness (QED) is 0.806. The number of nitrogens with zero attached hydrogens (tertiary/aromatic N) is 2. The fourth-order valence-electron chi connectivity index (χ4n) is 2.48. The van der Waals surface area contributed by atoms with E-state index >= 15 is 0 Å². The molecule has 3 rings (SSSR count). The lowest BCUT2D eigenvalue weighted by atomic mass is 9.84. The van der Waals surface area contributed by atoms with Crippen molar-refractivity contribution >= 4 is 21.5 Å². The first-order valence-electron chi connectivity index (χ1n) is 6.32. The van der Waals surface area contributed by atoms with E-state index < -0.39 is 32.3 Å². The highest BCUT2D eigenvalue weighted by molar-refractivity contribution is 7.90. The summed E-state index contributed by atoms with van der Waals surface area (Å²) in [6, 6.07) is 2.94. The number of para-hydroxylation sites is 1. The summed E-state index contributed by atoms with van der Waals surface area (Å²) in [5.41, 5.74) is -1.61. The molecule has 1 aliphatic heterocycles. The molecule has 1 fully saturated rings. The number of nitrogens with two attached hydrogens (primary N) is 1. The third-order valence-corrected chi connectivity index (χ3v) is 5.07. The Bertz CT molecular complexity index is 724. The smallest absolute Gasteiger partial charge is 0.263 e. The number of amidine groups is 1. The van der Waals surface area contributed by atoms with Gasteiger partial charge in [-0.25, -0.2) is 5.84 Å². The van der Waals surface area contributed by atoms with Crippen LogP contribution in [0.25, 0.3) is 0 Å². The van der Waals surface area contributed by atoms with Gasteiger partial charge in [-0.05, 0) is 25.0 Å². The average molecular weight is 319 g/mol. The summed E-state index contributed by atoms with van der Waals surface area (Å²) in [5.74, 6) is 5.54. The number of benzene rings is 1. The van der Waals surface area contributed by atoms with Crippen LogP contribution in [0.2, 0.25) is 0 Å². The van der Waals surface area contributed by atoms with E-state index in [9.17, 15) is 21.6 Å². The van der Waals surface area contributed by atoms with Crippen molar-refractivity contribution in [2.75, 3.05) is 5.01 Å². The van der Waals surface area contributed by atoms with E-state index in [2.05, 4.69) is 4.40 Å². The lowest BCUT2D eigenvalue weighted by molar-refractivity contribution is -0.137. The van der Waals surface area contributed by atoms with Crippen LogP contribution in [0.15, 0.2) is 27.5 Å². The maximum absolute atomic E-state index is 13.1. The van der Waals surface area contributed by atoms with Crippen LogP contribution in [-0.2, 0) is 16.2 Å². The van der Waals surface area contributed by atoms with Gasteiger partial charge in [-0.15, -0.1) is 4.40 Å². The average Bonchev–Trinajstić information content (AvgIpc) is 2.31. The summed E-state index contributed by atoms with van der Waals surface area (Å²) >= 11 is 0. The van der Waals surface area contributed by atoms with Crippen molar-refractivity contribution < 1.29 is 21.6 Å². The molecule has 1 aromatic carbocycles. The molecule has 5 nitrogen and oxygen atoms in total. The molecule has 0 unspecified atom stereocenters. The number of hydrogen-bond donors (Lipinski definition) is 1. The molecule has 114 valence electrons. The number of rotatable bonds is 1. The van der Waals surface area contributed by atoms with E-state index in [0.29, 0.717) is 12.8 Å². The fourth-order valence-corrected chi connectivity index (χ4v) is 3.76. The molecule has 0 atom stereocenters. The fraction of sp³-hybridized carbons (Fsp3) is 0.417. The van der Waals surface area contributed by atoms with E-state index in [1.54, 1.807) is 0 Å². The minimum absolute atomic E-state index is 0.00884. The Kier molecular flexibility index (Phi) is 3.03. The van der Waals surface area contributed by atoms with Crippen LogP contribution < -0.4 is 10.9 Å². The molecule has 0 bridgehead atoms. The van der Waals surface area contributed by atoms with E-state index in [1.165, 1.54) is 0 Å². The van der Waals surface area contributed by atoms with Gasteiger partial charge in [-0.1, -0.05) is 12.5 Å². The first kappa shape index (κ1) is 14.3. The van der Waals surface area contributed by atoms with Gasteiger partial charge < -0.3 is 0 Å². The molecule has 9 heteroatoms. The van der Waals surface area contributed by atoms with Gasteiger partial charge in [-0.2, -0.15) is 21.6 Å². The Morgan fingerprint density at radius 1 is 1.29 bits per heavy atom. The molecule has 0 spiro atoms. The second-order valence-electron chi connectivity index (χ2n) is 5.07. The van der Waals surface area contributed by atoms with Crippen molar-refractivity contribution in [3.8, 4) is 0 Å². The Labute approximate surface area is 119 Å².